The molecule has 84 heavy (non-hydrogen) atoms. The molecule has 14 rings (SSSR count). The highest BCUT2D eigenvalue weighted by atomic mass is 15.1. The maximum Gasteiger partial charge on any atom is 0.104 e. The normalized spacial score (nSPS) is 12.9. The molecule has 0 amide bonds. The number of hydrogen-bond acceptors (Lipinski definition) is 2. The second-order valence-electron chi connectivity index (χ2n) is 27.7. The van der Waals surface area contributed by atoms with Crippen LogP contribution in [0.2, 0.25) is 0 Å². The Hall–Kier alpha value is -9.18. The summed E-state index contributed by atoms with van der Waals surface area (Å²) in [6.07, 6.45) is 0. The Balaban J connectivity index is 1.35. The molecule has 0 bridgehead atoms. The van der Waals surface area contributed by atoms with E-state index in [2.05, 4.69) is 303 Å². The van der Waals surface area contributed by atoms with Gasteiger partial charge in [0.25, 0.3) is 0 Å². The predicted octanol–water partition coefficient (Wildman–Crippen LogP) is 20.8. The van der Waals surface area contributed by atoms with E-state index in [1.54, 1.807) is 0 Å². The summed E-state index contributed by atoms with van der Waals surface area (Å²) >= 11 is 0. The van der Waals surface area contributed by atoms with Crippen molar-refractivity contribution in [3.63, 3.8) is 0 Å². The molecule has 414 valence electrons. The van der Waals surface area contributed by atoms with Gasteiger partial charge in [-0.15, -0.1) is 0 Å². The monoisotopic (exact) mass is 1090 g/mol. The van der Waals surface area contributed by atoms with Crippen LogP contribution >= 0.6 is 0 Å². The molecule has 9 aromatic carbocycles. The lowest BCUT2D eigenvalue weighted by molar-refractivity contribution is 0.591. The van der Waals surface area contributed by atoms with Crippen molar-refractivity contribution in [2.24, 2.45) is 0 Å². The number of pyridine rings is 1. The second-order valence-corrected chi connectivity index (χ2v) is 27.7. The lowest BCUT2D eigenvalue weighted by atomic mass is 9.86. The van der Waals surface area contributed by atoms with Crippen LogP contribution < -0.4 is 0 Å². The van der Waals surface area contributed by atoms with E-state index >= 15 is 0 Å². The zero-order valence-corrected chi connectivity index (χ0v) is 51.0. The van der Waals surface area contributed by atoms with E-state index in [0.29, 0.717) is 5.56 Å². The molecule has 0 aliphatic carbocycles. The Kier molecular flexibility index (Phi) is 11.6. The summed E-state index contributed by atoms with van der Waals surface area (Å²) in [5, 5.41) is 22.2. The van der Waals surface area contributed by atoms with Crippen molar-refractivity contribution < 1.29 is 0 Å². The molecular weight excluding hydrogens is 1020 g/mol. The van der Waals surface area contributed by atoms with Gasteiger partial charge < -0.3 is 18.3 Å². The van der Waals surface area contributed by atoms with Gasteiger partial charge >= 0.3 is 0 Å². The van der Waals surface area contributed by atoms with Crippen molar-refractivity contribution in [1.82, 2.24) is 23.3 Å². The number of aryl methyl sites for hydroxylation is 2. The van der Waals surface area contributed by atoms with Gasteiger partial charge in [-0.2, -0.15) is 5.26 Å². The SMILES string of the molecule is Cc1cc(-c2c(-n3c4ccccc4c4cc(C(C)(C)C)ccc43)c(C#N)c(-n3c4ccccc4c4cc(C(C)(C)C)ccc43)c(-n3c4ccccc4c4cc(C(C)(C)C)ccc43)c2-n2c3ccccc3c3cc(C(C)(C)C)ccc32)cc(C)n1. The maximum atomic E-state index is 13.1. The third kappa shape index (κ3) is 7.99. The van der Waals surface area contributed by atoms with E-state index < -0.39 is 0 Å². The highest BCUT2D eigenvalue weighted by molar-refractivity contribution is 6.17. The minimum Gasteiger partial charge on any atom is -0.307 e. The number of nitriles is 1. The fourth-order valence-electron chi connectivity index (χ4n) is 13.6. The average molecular weight is 1090 g/mol. The van der Waals surface area contributed by atoms with Gasteiger partial charge in [-0.1, -0.05) is 180 Å². The number of benzene rings is 9. The zero-order valence-electron chi connectivity index (χ0n) is 51.0. The van der Waals surface area contributed by atoms with Gasteiger partial charge in [-0.3, -0.25) is 4.98 Å². The number of aromatic nitrogens is 5. The molecule has 6 heteroatoms. The first-order chi connectivity index (χ1) is 40.0. The summed E-state index contributed by atoms with van der Waals surface area (Å²) in [4.78, 5) is 5.10. The van der Waals surface area contributed by atoms with Crippen LogP contribution in [-0.4, -0.2) is 23.3 Å². The molecule has 6 nitrogen and oxygen atoms in total. The van der Waals surface area contributed by atoms with Crippen molar-refractivity contribution >= 4 is 87.2 Å². The summed E-state index contributed by atoms with van der Waals surface area (Å²) < 4.78 is 9.96. The topological polar surface area (TPSA) is 56.4 Å². The van der Waals surface area contributed by atoms with Gasteiger partial charge in [0.15, 0.2) is 0 Å². The standard InChI is InChI=1S/C78H72N6/c1-46-39-48(40-47(2)80-46)70-71(81-62-27-19-15-23-53(62)57-41-49(75(3,4)5)31-35-66(57)81)61(45-79)72(82-63-28-20-16-24-54(63)58-42-50(76(6,7)8)32-36-67(58)82)74(84-65-30-22-18-26-56(65)60-44-52(78(12,13)14)34-38-69(60)84)73(70)83-64-29-21-17-25-55(64)59-43-51(77(9,10)11)33-37-68(59)83/h15-44H,1-14H3. The molecule has 0 N–H and O–H groups in total. The molecule has 5 heterocycles. The van der Waals surface area contributed by atoms with E-state index in [9.17, 15) is 5.26 Å². The fourth-order valence-corrected chi connectivity index (χ4v) is 13.6. The van der Waals surface area contributed by atoms with Crippen LogP contribution in [0.3, 0.4) is 0 Å². The molecule has 0 radical (unpaired) electrons. The highest BCUT2D eigenvalue weighted by Gasteiger charge is 2.36. The third-order valence-corrected chi connectivity index (χ3v) is 17.9. The number of para-hydroxylation sites is 4. The molecule has 0 aliphatic rings. The van der Waals surface area contributed by atoms with Crippen molar-refractivity contribution in [3.8, 4) is 39.9 Å². The lowest BCUT2D eigenvalue weighted by Gasteiger charge is -2.30. The zero-order chi connectivity index (χ0) is 58.7. The van der Waals surface area contributed by atoms with Gasteiger partial charge in [0.05, 0.1) is 66.9 Å². The highest BCUT2D eigenvalue weighted by Crippen LogP contribution is 2.53. The summed E-state index contributed by atoms with van der Waals surface area (Å²) in [6, 6.07) is 71.3. The summed E-state index contributed by atoms with van der Waals surface area (Å²) in [7, 11) is 0. The smallest absolute Gasteiger partial charge is 0.104 e. The minimum absolute atomic E-state index is 0.114. The quantitative estimate of drug-likeness (QED) is 0.172. The summed E-state index contributed by atoms with van der Waals surface area (Å²) in [6.45, 7) is 31.7. The van der Waals surface area contributed by atoms with Crippen LogP contribution in [0.25, 0.3) is 121 Å². The van der Waals surface area contributed by atoms with Crippen molar-refractivity contribution in [2.45, 2.75) is 119 Å². The molecule has 0 fully saturated rings. The average Bonchev–Trinajstić information content (AvgIpc) is 1.44. The lowest BCUT2D eigenvalue weighted by Crippen LogP contribution is -2.17. The Labute approximate surface area is 492 Å². The molecule has 14 aromatic rings. The summed E-state index contributed by atoms with van der Waals surface area (Å²) in [5.41, 5.74) is 20.5. The van der Waals surface area contributed by atoms with E-state index in [1.165, 1.54) is 27.6 Å². The Morgan fingerprint density at radius 1 is 0.310 bits per heavy atom. The van der Waals surface area contributed by atoms with Gasteiger partial charge in [0.2, 0.25) is 0 Å². The van der Waals surface area contributed by atoms with E-state index in [1.807, 2.05) is 0 Å². The number of fused-ring (bicyclic) bond motifs is 12. The van der Waals surface area contributed by atoms with Crippen LogP contribution in [0.5, 0.6) is 0 Å². The molecule has 0 spiro atoms. The Morgan fingerprint density at radius 2 is 0.583 bits per heavy atom. The number of nitrogens with zero attached hydrogens (tertiary/aromatic N) is 6. The number of hydrogen-bond donors (Lipinski definition) is 0. The third-order valence-electron chi connectivity index (χ3n) is 17.9. The van der Waals surface area contributed by atoms with E-state index in [0.717, 1.165) is 127 Å². The molecule has 0 aliphatic heterocycles. The first-order valence-corrected chi connectivity index (χ1v) is 29.8. The minimum atomic E-state index is -0.120. The fraction of sp³-hybridized carbons (Fsp3) is 0.231. The molecule has 0 saturated carbocycles. The van der Waals surface area contributed by atoms with E-state index in [-0.39, 0.29) is 21.7 Å². The van der Waals surface area contributed by atoms with E-state index in [4.69, 9.17) is 4.98 Å². The van der Waals surface area contributed by atoms with Gasteiger partial charge in [0, 0.05) is 60.0 Å². The van der Waals surface area contributed by atoms with Crippen LogP contribution in [-0.2, 0) is 21.7 Å². The molecular formula is C78H72N6. The van der Waals surface area contributed by atoms with Crippen LogP contribution in [0.15, 0.2) is 182 Å². The van der Waals surface area contributed by atoms with Crippen molar-refractivity contribution in [1.29, 1.82) is 5.26 Å². The summed E-state index contributed by atoms with van der Waals surface area (Å²) in [5.74, 6) is 0. The first kappa shape index (κ1) is 52.9. The van der Waals surface area contributed by atoms with Crippen LogP contribution in [0.1, 0.15) is 122 Å². The second kappa shape index (κ2) is 18.4. The largest absolute Gasteiger partial charge is 0.307 e. The molecule has 5 aromatic heterocycles. The molecule has 0 atom stereocenters. The maximum absolute atomic E-state index is 13.1. The van der Waals surface area contributed by atoms with Crippen molar-refractivity contribution in [2.75, 3.05) is 0 Å². The molecule has 0 unspecified atom stereocenters. The Morgan fingerprint density at radius 3 is 0.893 bits per heavy atom. The van der Waals surface area contributed by atoms with Crippen molar-refractivity contribution in [3.05, 3.63) is 221 Å². The number of rotatable bonds is 5. The first-order valence-electron chi connectivity index (χ1n) is 29.8. The molecule has 0 saturated heterocycles. The van der Waals surface area contributed by atoms with Crippen LogP contribution in [0.4, 0.5) is 0 Å². The van der Waals surface area contributed by atoms with Crippen LogP contribution in [0, 0.1) is 25.2 Å². The predicted molar refractivity (Wildman–Crippen MR) is 356 cm³/mol. The Bertz CT molecular complexity index is 5120. The van der Waals surface area contributed by atoms with Gasteiger partial charge in [-0.05, 0) is 148 Å². The van der Waals surface area contributed by atoms with Gasteiger partial charge in [-0.25, -0.2) is 0 Å². The van der Waals surface area contributed by atoms with Gasteiger partial charge in [0.1, 0.15) is 11.6 Å².